The standard InChI is InChI=1S/C15H19F3N2/c1-19-9-10-20(2)14(11-19)8-5-12-3-6-13(7-4-12)15(16,17)18/h3-8,14H,9-11H2,1-2H3/b8-5+. The van der Waals surface area contributed by atoms with Crippen LogP contribution >= 0.6 is 0 Å². The lowest BCUT2D eigenvalue weighted by molar-refractivity contribution is -0.137. The van der Waals surface area contributed by atoms with Gasteiger partial charge in [-0.15, -0.1) is 0 Å². The molecule has 0 amide bonds. The quantitative estimate of drug-likeness (QED) is 0.824. The Hall–Kier alpha value is -1.33. The van der Waals surface area contributed by atoms with Gasteiger partial charge in [0.05, 0.1) is 5.56 Å². The van der Waals surface area contributed by atoms with Gasteiger partial charge >= 0.3 is 6.18 Å². The van der Waals surface area contributed by atoms with Crippen molar-refractivity contribution in [1.29, 1.82) is 0 Å². The summed E-state index contributed by atoms with van der Waals surface area (Å²) in [6.45, 7) is 2.98. The van der Waals surface area contributed by atoms with Crippen molar-refractivity contribution in [2.24, 2.45) is 0 Å². The molecule has 0 bridgehead atoms. The highest BCUT2D eigenvalue weighted by Crippen LogP contribution is 2.29. The van der Waals surface area contributed by atoms with E-state index in [0.717, 1.165) is 37.3 Å². The van der Waals surface area contributed by atoms with Crippen LogP contribution in [0.2, 0.25) is 0 Å². The second kappa shape index (κ2) is 5.97. The molecule has 5 heteroatoms. The van der Waals surface area contributed by atoms with E-state index in [2.05, 4.69) is 30.0 Å². The smallest absolute Gasteiger partial charge is 0.303 e. The highest BCUT2D eigenvalue weighted by Gasteiger charge is 2.29. The first-order valence-corrected chi connectivity index (χ1v) is 6.60. The molecule has 2 rings (SSSR count). The van der Waals surface area contributed by atoms with Gasteiger partial charge in [0.1, 0.15) is 0 Å². The number of alkyl halides is 3. The maximum atomic E-state index is 12.5. The van der Waals surface area contributed by atoms with Gasteiger partial charge in [-0.25, -0.2) is 0 Å². The normalized spacial score (nSPS) is 22.6. The van der Waals surface area contributed by atoms with E-state index >= 15 is 0 Å². The number of benzene rings is 1. The first-order valence-electron chi connectivity index (χ1n) is 6.60. The highest BCUT2D eigenvalue weighted by molar-refractivity contribution is 5.50. The lowest BCUT2D eigenvalue weighted by Crippen LogP contribution is -2.48. The Morgan fingerprint density at radius 3 is 2.35 bits per heavy atom. The molecule has 0 radical (unpaired) electrons. The number of piperazine rings is 1. The predicted molar refractivity (Wildman–Crippen MR) is 74.4 cm³/mol. The number of hydrogen-bond donors (Lipinski definition) is 0. The number of hydrogen-bond acceptors (Lipinski definition) is 2. The first-order chi connectivity index (χ1) is 9.36. The van der Waals surface area contributed by atoms with Crippen LogP contribution in [-0.4, -0.2) is 49.6 Å². The minimum absolute atomic E-state index is 0.302. The number of halogens is 3. The van der Waals surface area contributed by atoms with Crippen molar-refractivity contribution in [3.8, 4) is 0 Å². The molecule has 1 aliphatic heterocycles. The molecule has 1 unspecified atom stereocenters. The maximum Gasteiger partial charge on any atom is 0.416 e. The molecule has 1 fully saturated rings. The van der Waals surface area contributed by atoms with Crippen LogP contribution in [0, 0.1) is 0 Å². The molecule has 1 atom stereocenters. The number of nitrogens with zero attached hydrogens (tertiary/aromatic N) is 2. The van der Waals surface area contributed by atoms with Crippen LogP contribution in [0.25, 0.3) is 6.08 Å². The van der Waals surface area contributed by atoms with Crippen molar-refractivity contribution in [3.63, 3.8) is 0 Å². The average Bonchev–Trinajstić information content (AvgIpc) is 2.39. The second-order valence-corrected chi connectivity index (χ2v) is 5.29. The Morgan fingerprint density at radius 2 is 1.75 bits per heavy atom. The molecule has 110 valence electrons. The van der Waals surface area contributed by atoms with Crippen LogP contribution in [0.3, 0.4) is 0 Å². The van der Waals surface area contributed by atoms with Crippen LogP contribution < -0.4 is 0 Å². The average molecular weight is 284 g/mol. The molecule has 1 aromatic rings. The van der Waals surface area contributed by atoms with Gasteiger partial charge in [0.15, 0.2) is 0 Å². The second-order valence-electron chi connectivity index (χ2n) is 5.29. The Morgan fingerprint density at radius 1 is 1.10 bits per heavy atom. The van der Waals surface area contributed by atoms with Crippen LogP contribution in [0.4, 0.5) is 13.2 Å². The summed E-state index contributed by atoms with van der Waals surface area (Å²) in [5, 5.41) is 0. The Bertz CT molecular complexity index is 465. The molecule has 20 heavy (non-hydrogen) atoms. The third-order valence-electron chi connectivity index (χ3n) is 3.65. The van der Waals surface area contributed by atoms with Crippen LogP contribution in [0.15, 0.2) is 30.3 Å². The molecule has 0 spiro atoms. The summed E-state index contributed by atoms with van der Waals surface area (Å²) < 4.78 is 37.4. The van der Waals surface area contributed by atoms with E-state index in [4.69, 9.17) is 0 Å². The highest BCUT2D eigenvalue weighted by atomic mass is 19.4. The van der Waals surface area contributed by atoms with Gasteiger partial charge in [0.25, 0.3) is 0 Å². The number of likely N-dealkylation sites (N-methyl/N-ethyl adjacent to an activating group) is 2. The molecule has 0 N–H and O–H groups in total. The molecule has 2 nitrogen and oxygen atoms in total. The van der Waals surface area contributed by atoms with Crippen molar-refractivity contribution in [3.05, 3.63) is 41.5 Å². The van der Waals surface area contributed by atoms with Crippen molar-refractivity contribution >= 4 is 6.08 Å². The summed E-state index contributed by atoms with van der Waals surface area (Å²) in [7, 11) is 4.14. The van der Waals surface area contributed by atoms with Gasteiger partial charge < -0.3 is 4.90 Å². The van der Waals surface area contributed by atoms with Gasteiger partial charge in [-0.2, -0.15) is 13.2 Å². The molecule has 0 aliphatic carbocycles. The summed E-state index contributed by atoms with van der Waals surface area (Å²) in [6, 6.07) is 5.56. The fourth-order valence-corrected chi connectivity index (χ4v) is 2.26. The largest absolute Gasteiger partial charge is 0.416 e. The minimum Gasteiger partial charge on any atom is -0.303 e. The lowest BCUT2D eigenvalue weighted by Gasteiger charge is -2.36. The Labute approximate surface area is 117 Å². The zero-order valence-corrected chi connectivity index (χ0v) is 11.7. The molecular formula is C15H19F3N2. The molecule has 1 saturated heterocycles. The molecular weight excluding hydrogens is 265 g/mol. The van der Waals surface area contributed by atoms with E-state index in [0.29, 0.717) is 6.04 Å². The van der Waals surface area contributed by atoms with Gasteiger partial charge in [-0.1, -0.05) is 24.3 Å². The van der Waals surface area contributed by atoms with E-state index in [1.165, 1.54) is 12.1 Å². The van der Waals surface area contributed by atoms with Crippen molar-refractivity contribution in [1.82, 2.24) is 9.80 Å². The van der Waals surface area contributed by atoms with Gasteiger partial charge in [0, 0.05) is 25.7 Å². The monoisotopic (exact) mass is 284 g/mol. The molecule has 0 aromatic heterocycles. The fraction of sp³-hybridized carbons (Fsp3) is 0.467. The fourth-order valence-electron chi connectivity index (χ4n) is 2.26. The zero-order valence-electron chi connectivity index (χ0n) is 11.7. The molecule has 1 heterocycles. The van der Waals surface area contributed by atoms with Gasteiger partial charge in [-0.3, -0.25) is 4.90 Å². The summed E-state index contributed by atoms with van der Waals surface area (Å²) >= 11 is 0. The maximum absolute atomic E-state index is 12.5. The lowest BCUT2D eigenvalue weighted by atomic mass is 10.1. The molecule has 1 aliphatic rings. The first kappa shape index (κ1) is 15.1. The van der Waals surface area contributed by atoms with Crippen LogP contribution in [0.5, 0.6) is 0 Å². The van der Waals surface area contributed by atoms with Crippen molar-refractivity contribution in [2.45, 2.75) is 12.2 Å². The van der Waals surface area contributed by atoms with E-state index in [-0.39, 0.29) is 0 Å². The SMILES string of the molecule is CN1CCN(C)C(/C=C/c2ccc(C(F)(F)F)cc2)C1. The van der Waals surface area contributed by atoms with E-state index in [1.807, 2.05) is 6.08 Å². The molecule has 1 aromatic carbocycles. The van der Waals surface area contributed by atoms with Gasteiger partial charge in [-0.05, 0) is 31.8 Å². The predicted octanol–water partition coefficient (Wildman–Crippen LogP) is 2.96. The van der Waals surface area contributed by atoms with Gasteiger partial charge in [0.2, 0.25) is 0 Å². The third kappa shape index (κ3) is 3.84. The topological polar surface area (TPSA) is 6.48 Å². The Balaban J connectivity index is 2.04. The van der Waals surface area contributed by atoms with E-state index in [9.17, 15) is 13.2 Å². The van der Waals surface area contributed by atoms with Crippen molar-refractivity contribution in [2.75, 3.05) is 33.7 Å². The van der Waals surface area contributed by atoms with Crippen molar-refractivity contribution < 1.29 is 13.2 Å². The summed E-state index contributed by atoms with van der Waals surface area (Å²) in [5.74, 6) is 0. The summed E-state index contributed by atoms with van der Waals surface area (Å²) in [4.78, 5) is 4.50. The zero-order chi connectivity index (χ0) is 14.8. The molecule has 0 saturated carbocycles. The summed E-state index contributed by atoms with van der Waals surface area (Å²) in [6.07, 6.45) is -0.326. The van der Waals surface area contributed by atoms with E-state index in [1.54, 1.807) is 0 Å². The minimum atomic E-state index is -4.27. The summed E-state index contributed by atoms with van der Waals surface area (Å²) in [5.41, 5.74) is 0.184. The third-order valence-corrected chi connectivity index (χ3v) is 3.65. The number of rotatable bonds is 2. The Kier molecular flexibility index (Phi) is 4.50. The van der Waals surface area contributed by atoms with Crippen LogP contribution in [0.1, 0.15) is 11.1 Å². The van der Waals surface area contributed by atoms with E-state index < -0.39 is 11.7 Å². The van der Waals surface area contributed by atoms with Crippen LogP contribution in [-0.2, 0) is 6.18 Å².